The average molecular weight is 479 g/mol. The minimum Gasteiger partial charge on any atom is -0.508 e. The maximum Gasteiger partial charge on any atom is 0.453 e. The van der Waals surface area contributed by atoms with Crippen LogP contribution in [-0.2, 0) is 17.2 Å². The summed E-state index contributed by atoms with van der Waals surface area (Å²) in [6.07, 6.45) is 0.678. The number of fused-ring (bicyclic) bond motifs is 1. The molecule has 0 aliphatic carbocycles. The maximum atomic E-state index is 12.8. The van der Waals surface area contributed by atoms with Gasteiger partial charge in [0.1, 0.15) is 5.75 Å². The van der Waals surface area contributed by atoms with Gasteiger partial charge in [0.15, 0.2) is 0 Å². The van der Waals surface area contributed by atoms with Gasteiger partial charge in [-0.2, -0.15) is 22.0 Å². The molecule has 1 N–H and O–H groups in total. The predicted octanol–water partition coefficient (Wildman–Crippen LogP) is 7.55. The van der Waals surface area contributed by atoms with Crippen molar-refractivity contribution in [1.29, 1.82) is 0 Å². The largest absolute Gasteiger partial charge is 0.508 e. The van der Waals surface area contributed by atoms with E-state index in [9.17, 15) is 31.3 Å². The quantitative estimate of drug-likeness (QED) is 0.225. The van der Waals surface area contributed by atoms with E-state index < -0.39 is 35.7 Å². The molecule has 180 valence electrons. The normalized spacial score (nSPS) is 13.5. The second kappa shape index (κ2) is 12.5. The Hall–Kier alpha value is -1.70. The van der Waals surface area contributed by atoms with Crippen LogP contribution in [0.15, 0.2) is 36.4 Å². The lowest BCUT2D eigenvalue weighted by molar-refractivity contribution is -0.284. The van der Waals surface area contributed by atoms with E-state index in [-0.39, 0.29) is 11.5 Å². The predicted molar refractivity (Wildman–Crippen MR) is 120 cm³/mol. The summed E-state index contributed by atoms with van der Waals surface area (Å²) in [5, 5.41) is 11.8. The molecule has 8 heteroatoms. The van der Waals surface area contributed by atoms with E-state index in [2.05, 4.69) is 6.07 Å². The fraction of sp³-hybridized carbons (Fsp3) is 0.583. The summed E-state index contributed by atoms with van der Waals surface area (Å²) in [6.45, 7) is 0. The van der Waals surface area contributed by atoms with E-state index in [4.69, 9.17) is 0 Å². The van der Waals surface area contributed by atoms with Crippen LogP contribution in [0.25, 0.3) is 10.8 Å². The highest BCUT2D eigenvalue weighted by Gasteiger charge is 2.56. The van der Waals surface area contributed by atoms with Crippen molar-refractivity contribution in [2.75, 3.05) is 11.5 Å². The molecule has 2 nitrogen and oxygen atoms in total. The first-order chi connectivity index (χ1) is 15.1. The zero-order valence-corrected chi connectivity index (χ0v) is 18.9. The third-order valence-corrected chi connectivity index (χ3v) is 7.04. The Bertz CT molecular complexity index is 867. The number of aryl methyl sites for hydroxylation is 1. The van der Waals surface area contributed by atoms with Crippen LogP contribution in [0.4, 0.5) is 22.0 Å². The monoisotopic (exact) mass is 478 g/mol. The highest BCUT2D eigenvalue weighted by atomic mass is 32.2. The molecule has 0 aliphatic rings. The van der Waals surface area contributed by atoms with Gasteiger partial charge in [-0.3, -0.25) is 4.21 Å². The van der Waals surface area contributed by atoms with Crippen LogP contribution < -0.4 is 0 Å². The molecule has 0 saturated heterocycles. The number of hydrogen-bond acceptors (Lipinski definition) is 2. The number of phenolic OH excluding ortho intramolecular Hbond substituents is 1. The van der Waals surface area contributed by atoms with Crippen molar-refractivity contribution < 1.29 is 31.3 Å². The molecule has 0 spiro atoms. The van der Waals surface area contributed by atoms with Gasteiger partial charge in [-0.15, -0.1) is 0 Å². The van der Waals surface area contributed by atoms with Crippen LogP contribution in [0.1, 0.15) is 63.4 Å². The molecule has 2 rings (SSSR count). The lowest BCUT2D eigenvalue weighted by atomic mass is 9.99. The number of phenols is 1. The summed E-state index contributed by atoms with van der Waals surface area (Å²) in [6, 6.07) is 11.5. The number of benzene rings is 2. The summed E-state index contributed by atoms with van der Waals surface area (Å²) in [5.74, 6) is -4.19. The molecular formula is C24H31F5O2S. The van der Waals surface area contributed by atoms with Gasteiger partial charge in [0.05, 0.1) is 0 Å². The maximum absolute atomic E-state index is 12.8. The molecule has 0 aromatic heterocycles. The second-order valence-electron chi connectivity index (χ2n) is 8.20. The summed E-state index contributed by atoms with van der Waals surface area (Å²) in [4.78, 5) is 0. The summed E-state index contributed by atoms with van der Waals surface area (Å²) >= 11 is 0. The Kier molecular flexibility index (Phi) is 10.4. The molecule has 0 amide bonds. The molecule has 0 saturated carbocycles. The smallest absolute Gasteiger partial charge is 0.453 e. The summed E-state index contributed by atoms with van der Waals surface area (Å²) in [5.41, 5.74) is 1.28. The topological polar surface area (TPSA) is 37.3 Å². The third-order valence-electron chi connectivity index (χ3n) is 5.55. The number of aromatic hydroxyl groups is 1. The molecule has 0 fully saturated rings. The molecular weight excluding hydrogens is 447 g/mol. The Morgan fingerprint density at radius 2 is 1.41 bits per heavy atom. The van der Waals surface area contributed by atoms with Crippen molar-refractivity contribution in [2.24, 2.45) is 0 Å². The minimum atomic E-state index is -5.53. The van der Waals surface area contributed by atoms with Gasteiger partial charge >= 0.3 is 12.1 Å². The van der Waals surface area contributed by atoms with Gasteiger partial charge in [-0.05, 0) is 54.2 Å². The third kappa shape index (κ3) is 8.68. The zero-order chi connectivity index (χ0) is 23.6. The lowest BCUT2D eigenvalue weighted by Crippen LogP contribution is -2.36. The van der Waals surface area contributed by atoms with Crippen molar-refractivity contribution in [3.8, 4) is 5.75 Å². The van der Waals surface area contributed by atoms with Gasteiger partial charge in [0.2, 0.25) is 0 Å². The van der Waals surface area contributed by atoms with Crippen molar-refractivity contribution >= 4 is 21.6 Å². The van der Waals surface area contributed by atoms with E-state index in [0.29, 0.717) is 12.2 Å². The molecule has 2 aromatic carbocycles. The van der Waals surface area contributed by atoms with E-state index in [1.165, 1.54) is 10.9 Å². The van der Waals surface area contributed by atoms with E-state index in [0.717, 1.165) is 50.3 Å². The number of rotatable bonds is 14. The molecule has 0 radical (unpaired) electrons. The van der Waals surface area contributed by atoms with Crippen molar-refractivity contribution in [1.82, 2.24) is 0 Å². The minimum absolute atomic E-state index is 0.112. The molecule has 0 aliphatic heterocycles. The Morgan fingerprint density at radius 3 is 2.09 bits per heavy atom. The number of hydrogen-bond donors (Lipinski definition) is 1. The highest BCUT2D eigenvalue weighted by Crippen LogP contribution is 2.38. The van der Waals surface area contributed by atoms with Crippen LogP contribution >= 0.6 is 0 Å². The highest BCUT2D eigenvalue weighted by molar-refractivity contribution is 7.84. The van der Waals surface area contributed by atoms with Crippen LogP contribution in [0.3, 0.4) is 0 Å². The van der Waals surface area contributed by atoms with Gasteiger partial charge < -0.3 is 5.11 Å². The molecule has 0 bridgehead atoms. The molecule has 1 unspecified atom stereocenters. The molecule has 2 aromatic rings. The van der Waals surface area contributed by atoms with Crippen LogP contribution in [0.5, 0.6) is 5.75 Å². The van der Waals surface area contributed by atoms with E-state index in [1.54, 1.807) is 12.1 Å². The summed E-state index contributed by atoms with van der Waals surface area (Å²) < 4.78 is 73.6. The van der Waals surface area contributed by atoms with Crippen LogP contribution in [-0.4, -0.2) is 32.9 Å². The van der Waals surface area contributed by atoms with Crippen molar-refractivity contribution in [2.45, 2.75) is 76.3 Å². The first kappa shape index (κ1) is 26.6. The SMILES string of the molecule is O=S(CCCCCCCCCc1cccc2cc(O)ccc12)CCCC(F)(F)C(F)(F)F. The van der Waals surface area contributed by atoms with Gasteiger partial charge in [0.25, 0.3) is 0 Å². The second-order valence-corrected chi connectivity index (χ2v) is 9.90. The fourth-order valence-corrected chi connectivity index (χ4v) is 4.91. The number of halogens is 5. The average Bonchev–Trinajstić information content (AvgIpc) is 2.71. The Balaban J connectivity index is 1.50. The van der Waals surface area contributed by atoms with Gasteiger partial charge in [-0.25, -0.2) is 0 Å². The molecule has 1 atom stereocenters. The van der Waals surface area contributed by atoms with Crippen LogP contribution in [0, 0.1) is 0 Å². The van der Waals surface area contributed by atoms with E-state index in [1.807, 2.05) is 18.2 Å². The fourth-order valence-electron chi connectivity index (χ4n) is 3.72. The zero-order valence-electron chi connectivity index (χ0n) is 18.1. The van der Waals surface area contributed by atoms with Crippen LogP contribution in [0.2, 0.25) is 0 Å². The van der Waals surface area contributed by atoms with Crippen molar-refractivity contribution in [3.05, 3.63) is 42.0 Å². The van der Waals surface area contributed by atoms with Gasteiger partial charge in [0, 0.05) is 28.7 Å². The number of alkyl halides is 5. The van der Waals surface area contributed by atoms with E-state index >= 15 is 0 Å². The Morgan fingerprint density at radius 1 is 0.781 bits per heavy atom. The first-order valence-corrected chi connectivity index (χ1v) is 12.6. The Labute approximate surface area is 188 Å². The van der Waals surface area contributed by atoms with Crippen molar-refractivity contribution in [3.63, 3.8) is 0 Å². The molecule has 0 heterocycles. The molecule has 32 heavy (non-hydrogen) atoms. The number of unbranched alkanes of at least 4 members (excludes halogenated alkanes) is 6. The standard InChI is InChI=1S/C24H31F5O2S/c25-23(26,24(27,28)29)15-9-17-32(31)16-7-5-3-1-2-4-6-10-19-11-8-12-20-18-21(30)13-14-22(19)20/h8,11-14,18,30H,1-7,9-10,15-17H2. The first-order valence-electron chi connectivity index (χ1n) is 11.1. The lowest BCUT2D eigenvalue weighted by Gasteiger charge is -2.19. The summed E-state index contributed by atoms with van der Waals surface area (Å²) in [7, 11) is -1.34. The van der Waals surface area contributed by atoms with Gasteiger partial charge in [-0.1, -0.05) is 56.4 Å².